The van der Waals surface area contributed by atoms with Crippen LogP contribution in [-0.4, -0.2) is 8.32 Å². The fraction of sp³-hybridized carbons (Fsp3) is 0.0811. The number of benzene rings is 5. The maximum Gasteiger partial charge on any atom is 0.346 e. The van der Waals surface area contributed by atoms with Crippen LogP contribution in [0, 0.1) is 0 Å². The maximum absolute atomic E-state index is 7.70. The number of rotatable bonds is 10. The molecule has 5 rings (SSSR count). The summed E-state index contributed by atoms with van der Waals surface area (Å²) in [6, 6.07) is 53.6. The Morgan fingerprint density at radius 2 is 0.949 bits per heavy atom. The highest BCUT2D eigenvalue weighted by molar-refractivity contribution is 7.07. The van der Waals surface area contributed by atoms with E-state index in [1.807, 2.05) is 0 Å². The minimum Gasteiger partial charge on any atom is -0.530 e. The first kappa shape index (κ1) is 26.2. The molecule has 0 atom stereocenters. The van der Waals surface area contributed by atoms with Crippen molar-refractivity contribution in [3.63, 3.8) is 0 Å². The summed E-state index contributed by atoms with van der Waals surface area (Å²) in [6.07, 6.45) is 1.56. The Kier molecular flexibility index (Phi) is 8.35. The van der Waals surface area contributed by atoms with Gasteiger partial charge in [-0.3, -0.25) is 0 Å². The normalized spacial score (nSPS) is 11.9. The monoisotopic (exact) mass is 522 g/mol. The second-order valence-electron chi connectivity index (χ2n) is 9.98. The molecule has 0 aliphatic carbocycles. The SMILES string of the molecule is C=C(C)C/C(Cc1ccccc1)=C(\O[Si](c1ccccc1)(c1ccccc1)c1ccccc1)c1ccccc1. The molecule has 0 radical (unpaired) electrons. The smallest absolute Gasteiger partial charge is 0.346 e. The molecule has 1 nitrogen and oxygen atoms in total. The second-order valence-corrected chi connectivity index (χ2v) is 13.3. The zero-order valence-corrected chi connectivity index (χ0v) is 23.5. The molecule has 0 aromatic heterocycles. The zero-order valence-electron chi connectivity index (χ0n) is 22.5. The Hall–Kier alpha value is -4.40. The summed E-state index contributed by atoms with van der Waals surface area (Å²) in [7, 11) is -2.99. The van der Waals surface area contributed by atoms with Crippen molar-refractivity contribution in [2.24, 2.45) is 0 Å². The molecule has 0 spiro atoms. The average Bonchev–Trinajstić information content (AvgIpc) is 3.00. The molecular formula is C37H34OSi. The minimum absolute atomic E-state index is 0.766. The fourth-order valence-electron chi connectivity index (χ4n) is 5.20. The van der Waals surface area contributed by atoms with Crippen LogP contribution in [0.5, 0.6) is 0 Å². The summed E-state index contributed by atoms with van der Waals surface area (Å²) >= 11 is 0. The topological polar surface area (TPSA) is 9.23 Å². The van der Waals surface area contributed by atoms with Crippen LogP contribution in [0.2, 0.25) is 0 Å². The molecule has 0 amide bonds. The third-order valence-corrected chi connectivity index (χ3v) is 10.9. The van der Waals surface area contributed by atoms with Gasteiger partial charge in [0.1, 0.15) is 5.76 Å². The van der Waals surface area contributed by atoms with Gasteiger partial charge in [-0.15, -0.1) is 0 Å². The van der Waals surface area contributed by atoms with Gasteiger partial charge in [0.15, 0.2) is 0 Å². The Morgan fingerprint density at radius 3 is 1.36 bits per heavy atom. The van der Waals surface area contributed by atoms with E-state index in [1.54, 1.807) is 0 Å². The van der Waals surface area contributed by atoms with Gasteiger partial charge < -0.3 is 4.43 Å². The Morgan fingerprint density at radius 1 is 0.564 bits per heavy atom. The van der Waals surface area contributed by atoms with E-state index in [9.17, 15) is 0 Å². The first-order valence-corrected chi connectivity index (χ1v) is 15.4. The standard InChI is InChI=1S/C37H34OSi/c1-30(2)28-33(29-31-18-8-3-9-19-31)37(32-20-10-4-11-21-32)38-39(34-22-12-5-13-23-34,35-24-14-6-15-25-35)36-26-16-7-17-27-36/h3-27H,1,28-29H2,2H3/b37-33+. The van der Waals surface area contributed by atoms with Crippen molar-refractivity contribution < 1.29 is 4.43 Å². The predicted molar refractivity (Wildman–Crippen MR) is 168 cm³/mol. The number of hydrogen-bond donors (Lipinski definition) is 0. The lowest BCUT2D eigenvalue weighted by Crippen LogP contribution is -2.69. The molecule has 39 heavy (non-hydrogen) atoms. The van der Waals surface area contributed by atoms with Crippen molar-refractivity contribution in [2.45, 2.75) is 19.8 Å². The van der Waals surface area contributed by atoms with Crippen molar-refractivity contribution in [1.29, 1.82) is 0 Å². The first-order chi connectivity index (χ1) is 19.2. The lowest BCUT2D eigenvalue weighted by Gasteiger charge is -2.36. The van der Waals surface area contributed by atoms with Gasteiger partial charge in [0.25, 0.3) is 0 Å². The molecular weight excluding hydrogens is 488 g/mol. The van der Waals surface area contributed by atoms with Gasteiger partial charge in [0.2, 0.25) is 0 Å². The van der Waals surface area contributed by atoms with Crippen LogP contribution in [0.3, 0.4) is 0 Å². The molecule has 0 N–H and O–H groups in total. The summed E-state index contributed by atoms with van der Waals surface area (Å²) in [5, 5.41) is 3.64. The van der Waals surface area contributed by atoms with Crippen molar-refractivity contribution in [3.8, 4) is 0 Å². The highest BCUT2D eigenvalue weighted by Gasteiger charge is 2.45. The molecule has 0 unspecified atom stereocenters. The summed E-state index contributed by atoms with van der Waals surface area (Å²) in [5.74, 6) is 0.950. The molecule has 0 aliphatic rings. The van der Waals surface area contributed by atoms with Crippen molar-refractivity contribution in [1.82, 2.24) is 0 Å². The molecule has 0 heterocycles. The fourth-order valence-corrected chi connectivity index (χ4v) is 9.11. The van der Waals surface area contributed by atoms with Crippen LogP contribution in [0.15, 0.2) is 169 Å². The first-order valence-electron chi connectivity index (χ1n) is 13.5. The van der Waals surface area contributed by atoms with Crippen molar-refractivity contribution in [2.75, 3.05) is 0 Å². The quantitative estimate of drug-likeness (QED) is 0.0810. The van der Waals surface area contributed by atoms with Crippen LogP contribution in [-0.2, 0) is 10.8 Å². The van der Waals surface area contributed by atoms with Gasteiger partial charge in [-0.2, -0.15) is 0 Å². The summed E-state index contributed by atoms with van der Waals surface area (Å²) in [4.78, 5) is 0. The molecule has 5 aromatic carbocycles. The van der Waals surface area contributed by atoms with E-state index in [2.05, 4.69) is 165 Å². The van der Waals surface area contributed by atoms with E-state index in [1.165, 1.54) is 26.7 Å². The maximum atomic E-state index is 7.70. The second kappa shape index (κ2) is 12.4. The minimum atomic E-state index is -2.99. The van der Waals surface area contributed by atoms with Crippen LogP contribution >= 0.6 is 0 Å². The zero-order chi connectivity index (χ0) is 26.9. The largest absolute Gasteiger partial charge is 0.530 e. The Bertz CT molecular complexity index is 1410. The molecule has 0 saturated carbocycles. The lowest BCUT2D eigenvalue weighted by atomic mass is 9.96. The summed E-state index contributed by atoms with van der Waals surface area (Å²) in [6.45, 7) is 6.41. The van der Waals surface area contributed by atoms with Crippen LogP contribution in [0.25, 0.3) is 5.76 Å². The molecule has 2 heteroatoms. The Labute approximate surface area is 233 Å². The molecule has 0 bridgehead atoms. The average molecular weight is 523 g/mol. The van der Waals surface area contributed by atoms with Gasteiger partial charge >= 0.3 is 8.32 Å². The number of hydrogen-bond acceptors (Lipinski definition) is 1. The van der Waals surface area contributed by atoms with Gasteiger partial charge in [-0.05, 0) is 46.5 Å². The lowest BCUT2D eigenvalue weighted by molar-refractivity contribution is 0.524. The van der Waals surface area contributed by atoms with E-state index in [-0.39, 0.29) is 0 Å². The molecule has 192 valence electrons. The highest BCUT2D eigenvalue weighted by Crippen LogP contribution is 2.30. The van der Waals surface area contributed by atoms with E-state index < -0.39 is 8.32 Å². The summed E-state index contributed by atoms with van der Waals surface area (Å²) < 4.78 is 7.70. The predicted octanol–water partition coefficient (Wildman–Crippen LogP) is 7.29. The molecule has 5 aromatic rings. The molecule has 0 fully saturated rings. The van der Waals surface area contributed by atoms with Crippen LogP contribution in [0.1, 0.15) is 24.5 Å². The van der Waals surface area contributed by atoms with Crippen molar-refractivity contribution >= 4 is 29.6 Å². The molecule has 0 aliphatic heterocycles. The van der Waals surface area contributed by atoms with Crippen LogP contribution in [0.4, 0.5) is 0 Å². The van der Waals surface area contributed by atoms with Gasteiger partial charge in [0.05, 0.1) is 0 Å². The summed E-state index contributed by atoms with van der Waals surface area (Å²) in [5.41, 5.74) is 4.70. The third kappa shape index (κ3) is 6.03. The van der Waals surface area contributed by atoms with E-state index in [0.717, 1.165) is 29.7 Å². The van der Waals surface area contributed by atoms with E-state index in [4.69, 9.17) is 4.43 Å². The van der Waals surface area contributed by atoms with Crippen LogP contribution < -0.4 is 15.6 Å². The van der Waals surface area contributed by atoms with Gasteiger partial charge in [-0.25, -0.2) is 0 Å². The molecule has 0 saturated heterocycles. The van der Waals surface area contributed by atoms with E-state index >= 15 is 0 Å². The third-order valence-electron chi connectivity index (χ3n) is 6.93. The number of allylic oxidation sites excluding steroid dienone is 2. The van der Waals surface area contributed by atoms with Gasteiger partial charge in [-0.1, -0.05) is 164 Å². The Balaban J connectivity index is 1.82. The van der Waals surface area contributed by atoms with Gasteiger partial charge in [0, 0.05) is 5.56 Å². The van der Waals surface area contributed by atoms with Crippen molar-refractivity contribution in [3.05, 3.63) is 181 Å². The van der Waals surface area contributed by atoms with E-state index in [0.29, 0.717) is 0 Å². The highest BCUT2D eigenvalue weighted by atomic mass is 28.4.